The molecule has 0 aliphatic heterocycles. The lowest BCUT2D eigenvalue weighted by Crippen LogP contribution is -2.40. The Kier molecular flexibility index (Phi) is 4.97. The Labute approximate surface area is 108 Å². The Hall–Kier alpha value is -1.06. The smallest absolute Gasteiger partial charge is 0.241 e. The zero-order chi connectivity index (χ0) is 11.5. The molecule has 1 fully saturated rings. The molecule has 1 aromatic carbocycles. The van der Waals surface area contributed by atoms with Crippen molar-refractivity contribution in [2.75, 3.05) is 0 Å². The van der Waals surface area contributed by atoms with Gasteiger partial charge >= 0.3 is 0 Å². The van der Waals surface area contributed by atoms with Crippen LogP contribution in [0.4, 0.5) is 0 Å². The number of halogens is 1. The molecule has 0 radical (unpaired) electrons. The fourth-order valence-electron chi connectivity index (χ4n) is 1.84. The van der Waals surface area contributed by atoms with Crippen molar-refractivity contribution in [3.63, 3.8) is 0 Å². The Balaban J connectivity index is 0.00000144. The summed E-state index contributed by atoms with van der Waals surface area (Å²) in [5.41, 5.74) is 6.76. The molecule has 0 bridgehead atoms. The number of hydrogen-bond acceptors (Lipinski definition) is 2. The fourth-order valence-corrected chi connectivity index (χ4v) is 1.84. The lowest BCUT2D eigenvalue weighted by atomic mass is 10.1. The summed E-state index contributed by atoms with van der Waals surface area (Å²) >= 11 is 0. The minimum Gasteiger partial charge on any atom is -0.352 e. The van der Waals surface area contributed by atoms with Crippen molar-refractivity contribution in [3.05, 3.63) is 35.9 Å². The number of benzene rings is 1. The minimum atomic E-state index is -0.553. The van der Waals surface area contributed by atoms with Gasteiger partial charge in [-0.25, -0.2) is 0 Å². The second kappa shape index (κ2) is 6.03. The normalized spacial score (nSPS) is 17.8. The third kappa shape index (κ3) is 3.72. The van der Waals surface area contributed by atoms with Crippen LogP contribution in [-0.2, 0) is 4.79 Å². The zero-order valence-corrected chi connectivity index (χ0v) is 10.7. The van der Waals surface area contributed by atoms with E-state index in [1.54, 1.807) is 0 Å². The quantitative estimate of drug-likeness (QED) is 0.864. The Morgan fingerprint density at radius 2 is 1.94 bits per heavy atom. The first-order chi connectivity index (χ1) is 7.68. The predicted octanol–water partition coefficient (Wildman–Crippen LogP) is 2.02. The van der Waals surface area contributed by atoms with Gasteiger partial charge in [0.1, 0.15) is 6.04 Å². The molecule has 3 nitrogen and oxygen atoms in total. The van der Waals surface area contributed by atoms with Crippen LogP contribution in [0.3, 0.4) is 0 Å². The zero-order valence-electron chi connectivity index (χ0n) is 9.93. The SMILES string of the molecule is CC(NC(=O)C(N)c1ccccc1)C1CC1.Cl. The van der Waals surface area contributed by atoms with Crippen LogP contribution in [-0.4, -0.2) is 11.9 Å². The van der Waals surface area contributed by atoms with Crippen molar-refractivity contribution in [2.24, 2.45) is 11.7 Å². The van der Waals surface area contributed by atoms with E-state index in [0.29, 0.717) is 5.92 Å². The first-order valence-electron chi connectivity index (χ1n) is 5.79. The van der Waals surface area contributed by atoms with E-state index in [0.717, 1.165) is 5.56 Å². The number of amides is 1. The van der Waals surface area contributed by atoms with E-state index in [1.165, 1.54) is 12.8 Å². The number of nitrogens with one attached hydrogen (secondary N) is 1. The van der Waals surface area contributed by atoms with Crippen molar-refractivity contribution in [2.45, 2.75) is 31.8 Å². The largest absolute Gasteiger partial charge is 0.352 e. The Morgan fingerprint density at radius 3 is 2.47 bits per heavy atom. The van der Waals surface area contributed by atoms with E-state index < -0.39 is 6.04 Å². The van der Waals surface area contributed by atoms with Gasteiger partial charge in [0.2, 0.25) is 5.91 Å². The maximum atomic E-state index is 11.9. The average molecular weight is 255 g/mol. The summed E-state index contributed by atoms with van der Waals surface area (Å²) in [4.78, 5) is 11.9. The van der Waals surface area contributed by atoms with Crippen LogP contribution in [0.1, 0.15) is 31.4 Å². The first kappa shape index (κ1) is 14.0. The monoisotopic (exact) mass is 254 g/mol. The van der Waals surface area contributed by atoms with Crippen LogP contribution in [0.25, 0.3) is 0 Å². The molecule has 1 aromatic rings. The van der Waals surface area contributed by atoms with Crippen LogP contribution < -0.4 is 11.1 Å². The molecule has 0 heterocycles. The van der Waals surface area contributed by atoms with Crippen LogP contribution in [0, 0.1) is 5.92 Å². The lowest BCUT2D eigenvalue weighted by molar-refractivity contribution is -0.123. The van der Waals surface area contributed by atoms with Crippen LogP contribution >= 0.6 is 12.4 Å². The Bertz CT molecular complexity index is 365. The fraction of sp³-hybridized carbons (Fsp3) is 0.462. The number of carbonyl (C=O) groups is 1. The summed E-state index contributed by atoms with van der Waals surface area (Å²) in [5, 5.41) is 2.98. The third-order valence-electron chi connectivity index (χ3n) is 3.14. The number of carbonyl (C=O) groups excluding carboxylic acids is 1. The van der Waals surface area contributed by atoms with Gasteiger partial charge in [0.15, 0.2) is 0 Å². The van der Waals surface area contributed by atoms with Crippen molar-refractivity contribution >= 4 is 18.3 Å². The Morgan fingerprint density at radius 1 is 1.35 bits per heavy atom. The number of hydrogen-bond donors (Lipinski definition) is 2. The molecule has 1 amide bonds. The molecule has 94 valence electrons. The van der Waals surface area contributed by atoms with Gasteiger partial charge in [-0.05, 0) is 31.2 Å². The van der Waals surface area contributed by atoms with E-state index in [1.807, 2.05) is 37.3 Å². The molecule has 2 atom stereocenters. The van der Waals surface area contributed by atoms with E-state index in [-0.39, 0.29) is 24.4 Å². The van der Waals surface area contributed by atoms with Crippen molar-refractivity contribution in [3.8, 4) is 0 Å². The maximum Gasteiger partial charge on any atom is 0.241 e. The highest BCUT2D eigenvalue weighted by molar-refractivity contribution is 5.85. The van der Waals surface area contributed by atoms with Gasteiger partial charge in [-0.1, -0.05) is 30.3 Å². The van der Waals surface area contributed by atoms with Gasteiger partial charge in [-0.3, -0.25) is 4.79 Å². The van der Waals surface area contributed by atoms with Crippen molar-refractivity contribution in [1.29, 1.82) is 0 Å². The molecule has 0 aromatic heterocycles. The van der Waals surface area contributed by atoms with E-state index in [9.17, 15) is 4.79 Å². The molecule has 2 rings (SSSR count). The summed E-state index contributed by atoms with van der Waals surface area (Å²) in [6, 6.07) is 9.17. The van der Waals surface area contributed by atoms with Crippen LogP contribution in [0.5, 0.6) is 0 Å². The van der Waals surface area contributed by atoms with Crippen LogP contribution in [0.15, 0.2) is 30.3 Å². The van der Waals surface area contributed by atoms with E-state index in [2.05, 4.69) is 5.32 Å². The molecular weight excluding hydrogens is 236 g/mol. The lowest BCUT2D eigenvalue weighted by Gasteiger charge is -2.17. The standard InChI is InChI=1S/C13H18N2O.ClH/c1-9(10-7-8-10)15-13(16)12(14)11-5-3-2-4-6-11;/h2-6,9-10,12H,7-8,14H2,1H3,(H,15,16);1H. The van der Waals surface area contributed by atoms with Gasteiger partial charge in [0.25, 0.3) is 0 Å². The second-order valence-electron chi connectivity index (χ2n) is 4.52. The summed E-state index contributed by atoms with van der Waals surface area (Å²) in [6.07, 6.45) is 2.45. The molecule has 17 heavy (non-hydrogen) atoms. The topological polar surface area (TPSA) is 55.1 Å². The van der Waals surface area contributed by atoms with E-state index in [4.69, 9.17) is 5.73 Å². The highest BCUT2D eigenvalue weighted by Crippen LogP contribution is 2.32. The average Bonchev–Trinajstić information content (AvgIpc) is 3.13. The molecule has 0 spiro atoms. The molecule has 1 aliphatic carbocycles. The summed E-state index contributed by atoms with van der Waals surface area (Å²) in [5.74, 6) is 0.581. The number of nitrogens with two attached hydrogens (primary N) is 1. The summed E-state index contributed by atoms with van der Waals surface area (Å²) in [7, 11) is 0. The van der Waals surface area contributed by atoms with Crippen molar-refractivity contribution in [1.82, 2.24) is 5.32 Å². The summed E-state index contributed by atoms with van der Waals surface area (Å²) in [6.45, 7) is 2.05. The molecule has 4 heteroatoms. The predicted molar refractivity (Wildman–Crippen MR) is 70.9 cm³/mol. The van der Waals surface area contributed by atoms with Gasteiger partial charge in [0, 0.05) is 6.04 Å². The van der Waals surface area contributed by atoms with Gasteiger partial charge in [-0.15, -0.1) is 12.4 Å². The third-order valence-corrected chi connectivity index (χ3v) is 3.14. The second-order valence-corrected chi connectivity index (χ2v) is 4.52. The summed E-state index contributed by atoms with van der Waals surface area (Å²) < 4.78 is 0. The van der Waals surface area contributed by atoms with Gasteiger partial charge < -0.3 is 11.1 Å². The maximum absolute atomic E-state index is 11.9. The number of rotatable bonds is 4. The highest BCUT2D eigenvalue weighted by Gasteiger charge is 2.30. The van der Waals surface area contributed by atoms with Gasteiger partial charge in [-0.2, -0.15) is 0 Å². The molecule has 1 aliphatic rings. The molecule has 0 saturated heterocycles. The molecular formula is C13H19ClN2O. The molecule has 2 unspecified atom stereocenters. The molecule has 1 saturated carbocycles. The van der Waals surface area contributed by atoms with Crippen molar-refractivity contribution < 1.29 is 4.79 Å². The van der Waals surface area contributed by atoms with Gasteiger partial charge in [0.05, 0.1) is 0 Å². The molecule has 3 N–H and O–H groups in total. The van der Waals surface area contributed by atoms with E-state index >= 15 is 0 Å². The van der Waals surface area contributed by atoms with Crippen LogP contribution in [0.2, 0.25) is 0 Å². The highest BCUT2D eigenvalue weighted by atomic mass is 35.5. The first-order valence-corrected chi connectivity index (χ1v) is 5.79. The minimum absolute atomic E-state index is 0.